The van der Waals surface area contributed by atoms with Gasteiger partial charge in [-0.05, 0) is 66.5 Å². The van der Waals surface area contributed by atoms with Gasteiger partial charge in [0, 0.05) is 35.3 Å². The van der Waals surface area contributed by atoms with Crippen molar-refractivity contribution in [1.82, 2.24) is 4.90 Å². The van der Waals surface area contributed by atoms with E-state index in [1.165, 1.54) is 30.4 Å². The summed E-state index contributed by atoms with van der Waals surface area (Å²) >= 11 is 2.03. The fourth-order valence-electron chi connectivity index (χ4n) is 4.30. The monoisotopic (exact) mass is 341 g/mol. The summed E-state index contributed by atoms with van der Waals surface area (Å²) < 4.78 is 5.29. The highest BCUT2D eigenvalue weighted by Crippen LogP contribution is 2.44. The first-order valence-electron chi connectivity index (χ1n) is 8.95. The van der Waals surface area contributed by atoms with Crippen LogP contribution in [0.15, 0.2) is 18.2 Å². The van der Waals surface area contributed by atoms with Crippen molar-refractivity contribution in [1.29, 1.82) is 0 Å². The lowest BCUT2D eigenvalue weighted by atomic mass is 9.86. The van der Waals surface area contributed by atoms with E-state index >= 15 is 0 Å². The van der Waals surface area contributed by atoms with E-state index < -0.39 is 0 Å². The molecule has 24 heavy (non-hydrogen) atoms. The van der Waals surface area contributed by atoms with E-state index in [2.05, 4.69) is 11.0 Å². The lowest BCUT2D eigenvalue weighted by molar-refractivity contribution is 0.162. The van der Waals surface area contributed by atoms with Crippen LogP contribution in [0, 0.1) is 5.92 Å². The minimum atomic E-state index is 0.268. The number of phenols is 1. The van der Waals surface area contributed by atoms with Gasteiger partial charge in [0.1, 0.15) is 0 Å². The van der Waals surface area contributed by atoms with Crippen molar-refractivity contribution < 1.29 is 9.84 Å². The maximum atomic E-state index is 10.2. The van der Waals surface area contributed by atoms with Gasteiger partial charge < -0.3 is 9.84 Å². The van der Waals surface area contributed by atoms with Gasteiger partial charge in [-0.1, -0.05) is 0 Å². The Hall–Kier alpha value is -1.52. The largest absolute Gasteiger partial charge is 0.504 e. The van der Waals surface area contributed by atoms with E-state index in [1.807, 2.05) is 23.5 Å². The van der Waals surface area contributed by atoms with Crippen LogP contribution in [0.4, 0.5) is 0 Å². The van der Waals surface area contributed by atoms with Crippen LogP contribution in [0.5, 0.6) is 11.5 Å². The van der Waals surface area contributed by atoms with E-state index in [0.29, 0.717) is 11.8 Å². The summed E-state index contributed by atoms with van der Waals surface area (Å²) in [4.78, 5) is 5.74. The molecule has 0 saturated heterocycles. The fourth-order valence-corrected chi connectivity index (χ4v) is 5.63. The smallest absolute Gasteiger partial charge is 0.160 e. The van der Waals surface area contributed by atoms with Crippen LogP contribution in [-0.4, -0.2) is 23.7 Å². The first kappa shape index (κ1) is 14.8. The topological polar surface area (TPSA) is 32.7 Å². The van der Waals surface area contributed by atoms with Gasteiger partial charge in [-0.25, -0.2) is 0 Å². The number of aromatic hydroxyl groups is 1. The van der Waals surface area contributed by atoms with E-state index in [1.54, 1.807) is 22.4 Å². The molecule has 3 heterocycles. The van der Waals surface area contributed by atoms with Crippen LogP contribution in [0.1, 0.15) is 45.3 Å². The third-order valence-electron chi connectivity index (χ3n) is 5.80. The van der Waals surface area contributed by atoms with Gasteiger partial charge in [0.2, 0.25) is 0 Å². The van der Waals surface area contributed by atoms with Crippen LogP contribution < -0.4 is 4.74 Å². The van der Waals surface area contributed by atoms with Gasteiger partial charge in [-0.2, -0.15) is 0 Å². The third kappa shape index (κ3) is 2.44. The quantitative estimate of drug-likeness (QED) is 0.913. The number of hydrogen-bond acceptors (Lipinski definition) is 4. The molecule has 1 aliphatic carbocycles. The molecule has 0 spiro atoms. The Morgan fingerprint density at radius 2 is 2.12 bits per heavy atom. The van der Waals surface area contributed by atoms with Crippen molar-refractivity contribution >= 4 is 11.3 Å². The molecule has 1 aromatic carbocycles. The first-order chi connectivity index (χ1) is 11.7. The standard InChI is InChI=1S/C20H23NO2S/c1-23-19-8-13-4-5-21-11-14-7-15(6-12-2-3-12)24-20(14)10-17(21)16(13)9-18(19)22/h7-9,12,17,22H,2-6,10-11H2,1H3. The molecule has 2 aromatic rings. The number of phenolic OH excluding ortho intramolecular Hbond substituents is 1. The number of nitrogens with zero attached hydrogens (tertiary/aromatic N) is 1. The number of hydrogen-bond donors (Lipinski definition) is 1. The van der Waals surface area contributed by atoms with Gasteiger partial charge in [0.25, 0.3) is 0 Å². The van der Waals surface area contributed by atoms with Crippen LogP contribution in [0.3, 0.4) is 0 Å². The van der Waals surface area contributed by atoms with Crippen molar-refractivity contribution in [3.63, 3.8) is 0 Å². The van der Waals surface area contributed by atoms with E-state index in [-0.39, 0.29) is 5.75 Å². The van der Waals surface area contributed by atoms with Gasteiger partial charge >= 0.3 is 0 Å². The highest BCUT2D eigenvalue weighted by molar-refractivity contribution is 7.12. The Morgan fingerprint density at radius 1 is 1.25 bits per heavy atom. The number of benzene rings is 1. The zero-order valence-corrected chi connectivity index (χ0v) is 14.9. The van der Waals surface area contributed by atoms with Gasteiger partial charge in [0.15, 0.2) is 11.5 Å². The SMILES string of the molecule is COc1cc2c(cc1O)C1Cc3sc(CC4CC4)cc3CN1CC2. The molecular weight excluding hydrogens is 318 g/mol. The fraction of sp³-hybridized carbons (Fsp3) is 0.500. The number of ether oxygens (including phenoxy) is 1. The van der Waals surface area contributed by atoms with Crippen molar-refractivity contribution in [2.75, 3.05) is 13.7 Å². The van der Waals surface area contributed by atoms with E-state index in [9.17, 15) is 5.11 Å². The summed E-state index contributed by atoms with van der Waals surface area (Å²) in [5.74, 6) is 1.82. The molecule has 5 rings (SSSR count). The minimum absolute atomic E-state index is 0.268. The normalized spacial score (nSPS) is 22.6. The maximum Gasteiger partial charge on any atom is 0.160 e. The van der Waals surface area contributed by atoms with Crippen molar-refractivity contribution in [2.24, 2.45) is 5.92 Å². The van der Waals surface area contributed by atoms with Crippen LogP contribution >= 0.6 is 11.3 Å². The minimum Gasteiger partial charge on any atom is -0.504 e. The molecule has 3 nitrogen and oxygen atoms in total. The number of thiophene rings is 1. The Morgan fingerprint density at radius 3 is 2.92 bits per heavy atom. The third-order valence-corrected chi connectivity index (χ3v) is 7.02. The zero-order chi connectivity index (χ0) is 16.3. The Balaban J connectivity index is 1.48. The summed E-state index contributed by atoms with van der Waals surface area (Å²) in [6.07, 6.45) is 6.26. The summed E-state index contributed by atoms with van der Waals surface area (Å²) in [5, 5.41) is 10.2. The average Bonchev–Trinajstić information content (AvgIpc) is 3.30. The molecule has 1 fully saturated rings. The van der Waals surface area contributed by atoms with Gasteiger partial charge in [0.05, 0.1) is 7.11 Å². The molecule has 1 saturated carbocycles. The number of fused-ring (bicyclic) bond motifs is 4. The molecule has 2 aliphatic heterocycles. The second-order valence-corrected chi connectivity index (χ2v) is 8.69. The van der Waals surface area contributed by atoms with Crippen molar-refractivity contribution in [3.05, 3.63) is 44.6 Å². The predicted octanol–water partition coefficient (Wildman–Crippen LogP) is 4.07. The molecule has 1 unspecified atom stereocenters. The molecule has 0 bridgehead atoms. The van der Waals surface area contributed by atoms with Gasteiger partial charge in [-0.3, -0.25) is 4.90 Å². The number of rotatable bonds is 3. The molecular formula is C20H23NO2S. The average molecular weight is 341 g/mol. The summed E-state index contributed by atoms with van der Waals surface area (Å²) in [5.41, 5.74) is 4.18. The lowest BCUT2D eigenvalue weighted by Crippen LogP contribution is -2.38. The van der Waals surface area contributed by atoms with E-state index in [0.717, 1.165) is 31.8 Å². The summed E-state index contributed by atoms with van der Waals surface area (Å²) in [6.45, 7) is 2.16. The molecule has 126 valence electrons. The molecule has 0 radical (unpaired) electrons. The Bertz CT molecular complexity index is 793. The zero-order valence-electron chi connectivity index (χ0n) is 14.0. The summed E-state index contributed by atoms with van der Waals surface area (Å²) in [6, 6.07) is 6.85. The molecule has 1 atom stereocenters. The number of methoxy groups -OCH3 is 1. The molecule has 0 amide bonds. The summed E-state index contributed by atoms with van der Waals surface area (Å²) in [7, 11) is 1.62. The van der Waals surface area contributed by atoms with Crippen LogP contribution in [-0.2, 0) is 25.8 Å². The van der Waals surface area contributed by atoms with Gasteiger partial charge in [-0.15, -0.1) is 11.3 Å². The molecule has 1 aromatic heterocycles. The lowest BCUT2D eigenvalue weighted by Gasteiger charge is -2.40. The van der Waals surface area contributed by atoms with Crippen LogP contribution in [0.25, 0.3) is 0 Å². The Kier molecular flexibility index (Phi) is 3.39. The maximum absolute atomic E-state index is 10.2. The van der Waals surface area contributed by atoms with Crippen molar-refractivity contribution in [3.8, 4) is 11.5 Å². The molecule has 3 aliphatic rings. The Labute approximate surface area is 146 Å². The molecule has 1 N–H and O–H groups in total. The highest BCUT2D eigenvalue weighted by Gasteiger charge is 2.34. The predicted molar refractivity (Wildman–Crippen MR) is 96.0 cm³/mol. The van der Waals surface area contributed by atoms with E-state index in [4.69, 9.17) is 4.74 Å². The second kappa shape index (κ2) is 5.50. The van der Waals surface area contributed by atoms with Crippen molar-refractivity contribution in [2.45, 2.75) is 44.7 Å². The molecule has 4 heteroatoms. The van der Waals surface area contributed by atoms with Crippen LogP contribution in [0.2, 0.25) is 0 Å². The second-order valence-electron chi connectivity index (χ2n) is 7.47. The first-order valence-corrected chi connectivity index (χ1v) is 9.77. The highest BCUT2D eigenvalue weighted by atomic mass is 32.1.